The predicted octanol–water partition coefficient (Wildman–Crippen LogP) is 3.65. The van der Waals surface area contributed by atoms with Gasteiger partial charge in [-0.3, -0.25) is 0 Å². The lowest BCUT2D eigenvalue weighted by Crippen LogP contribution is -2.22. The number of nitrogens with two attached hydrogens (primary N) is 1. The Morgan fingerprint density at radius 3 is 2.65 bits per heavy atom. The Morgan fingerprint density at radius 2 is 2.06 bits per heavy atom. The van der Waals surface area contributed by atoms with Gasteiger partial charge in [-0.1, -0.05) is 38.4 Å². The standard InChI is InChI=1S/C14H22ClNO/c1-4-11(16)8-12-13(15)6-5-7-14(12)17-9-10(2)3/h5-7,10-11H,4,8-9,16H2,1-3H3. The largest absolute Gasteiger partial charge is 0.493 e. The second-order valence-electron chi connectivity index (χ2n) is 4.79. The van der Waals surface area contributed by atoms with Crippen LogP contribution in [0.3, 0.4) is 0 Å². The minimum Gasteiger partial charge on any atom is -0.493 e. The summed E-state index contributed by atoms with van der Waals surface area (Å²) in [5.41, 5.74) is 7.02. The molecule has 17 heavy (non-hydrogen) atoms. The number of benzene rings is 1. The van der Waals surface area contributed by atoms with Crippen molar-refractivity contribution in [2.45, 2.75) is 39.7 Å². The number of hydrogen-bond donors (Lipinski definition) is 1. The Kier molecular flexibility index (Phi) is 5.79. The highest BCUT2D eigenvalue weighted by Gasteiger charge is 2.12. The first kappa shape index (κ1) is 14.3. The van der Waals surface area contributed by atoms with Crippen LogP contribution in [0.5, 0.6) is 5.75 Å². The van der Waals surface area contributed by atoms with Crippen LogP contribution in [0.4, 0.5) is 0 Å². The van der Waals surface area contributed by atoms with E-state index in [1.807, 2.05) is 18.2 Å². The van der Waals surface area contributed by atoms with Crippen molar-refractivity contribution in [3.05, 3.63) is 28.8 Å². The zero-order valence-electron chi connectivity index (χ0n) is 10.9. The maximum Gasteiger partial charge on any atom is 0.124 e. The lowest BCUT2D eigenvalue weighted by molar-refractivity contribution is 0.268. The summed E-state index contributed by atoms with van der Waals surface area (Å²) in [7, 11) is 0. The average molecular weight is 256 g/mol. The molecule has 1 aromatic carbocycles. The average Bonchev–Trinajstić information content (AvgIpc) is 2.29. The van der Waals surface area contributed by atoms with Crippen LogP contribution in [-0.4, -0.2) is 12.6 Å². The highest BCUT2D eigenvalue weighted by atomic mass is 35.5. The van der Waals surface area contributed by atoms with Gasteiger partial charge in [0.25, 0.3) is 0 Å². The Balaban J connectivity index is 2.84. The minimum absolute atomic E-state index is 0.135. The van der Waals surface area contributed by atoms with E-state index in [1.54, 1.807) is 0 Å². The van der Waals surface area contributed by atoms with Crippen LogP contribution >= 0.6 is 11.6 Å². The van der Waals surface area contributed by atoms with Gasteiger partial charge in [-0.05, 0) is 30.9 Å². The van der Waals surface area contributed by atoms with Gasteiger partial charge >= 0.3 is 0 Å². The van der Waals surface area contributed by atoms with E-state index < -0.39 is 0 Å². The van der Waals surface area contributed by atoms with Gasteiger partial charge in [-0.2, -0.15) is 0 Å². The summed E-state index contributed by atoms with van der Waals surface area (Å²) in [5, 5.41) is 0.746. The summed E-state index contributed by atoms with van der Waals surface area (Å²) >= 11 is 6.21. The predicted molar refractivity (Wildman–Crippen MR) is 73.8 cm³/mol. The fraction of sp³-hybridized carbons (Fsp3) is 0.571. The van der Waals surface area contributed by atoms with E-state index in [0.29, 0.717) is 12.5 Å². The van der Waals surface area contributed by atoms with Gasteiger partial charge in [-0.25, -0.2) is 0 Å². The van der Waals surface area contributed by atoms with E-state index >= 15 is 0 Å². The molecule has 0 aliphatic heterocycles. The summed E-state index contributed by atoms with van der Waals surface area (Å²) in [5.74, 6) is 1.37. The van der Waals surface area contributed by atoms with Crippen molar-refractivity contribution in [1.82, 2.24) is 0 Å². The topological polar surface area (TPSA) is 35.2 Å². The van der Waals surface area contributed by atoms with Crippen LogP contribution in [0.1, 0.15) is 32.8 Å². The Hall–Kier alpha value is -0.730. The van der Waals surface area contributed by atoms with Gasteiger partial charge in [0.15, 0.2) is 0 Å². The third-order valence-electron chi connectivity index (χ3n) is 2.64. The number of ether oxygens (including phenoxy) is 1. The molecule has 0 saturated carbocycles. The molecule has 0 radical (unpaired) electrons. The van der Waals surface area contributed by atoms with Crippen LogP contribution in [0, 0.1) is 5.92 Å². The number of hydrogen-bond acceptors (Lipinski definition) is 2. The first-order chi connectivity index (χ1) is 8.04. The first-order valence-electron chi connectivity index (χ1n) is 6.20. The first-order valence-corrected chi connectivity index (χ1v) is 6.58. The second kappa shape index (κ2) is 6.87. The molecule has 0 aliphatic rings. The molecule has 96 valence electrons. The Labute approximate surface area is 109 Å². The number of halogens is 1. The summed E-state index contributed by atoms with van der Waals surface area (Å²) in [6.45, 7) is 7.04. The zero-order valence-corrected chi connectivity index (χ0v) is 11.6. The third kappa shape index (κ3) is 4.57. The van der Waals surface area contributed by atoms with Crippen LogP contribution in [0.25, 0.3) is 0 Å². The molecule has 0 bridgehead atoms. The number of rotatable bonds is 6. The van der Waals surface area contributed by atoms with Gasteiger partial charge in [0, 0.05) is 16.6 Å². The molecule has 0 fully saturated rings. The van der Waals surface area contributed by atoms with E-state index in [-0.39, 0.29) is 6.04 Å². The summed E-state index contributed by atoms with van der Waals surface area (Å²) < 4.78 is 5.78. The normalized spacial score (nSPS) is 12.8. The quantitative estimate of drug-likeness (QED) is 0.842. The molecule has 1 aromatic rings. The van der Waals surface area contributed by atoms with E-state index in [9.17, 15) is 0 Å². The molecule has 0 heterocycles. The fourth-order valence-electron chi connectivity index (χ4n) is 1.54. The second-order valence-corrected chi connectivity index (χ2v) is 5.20. The van der Waals surface area contributed by atoms with E-state index in [4.69, 9.17) is 22.1 Å². The SMILES string of the molecule is CCC(N)Cc1c(Cl)cccc1OCC(C)C. The van der Waals surface area contributed by atoms with Crippen molar-refractivity contribution in [1.29, 1.82) is 0 Å². The third-order valence-corrected chi connectivity index (χ3v) is 2.99. The van der Waals surface area contributed by atoms with Crippen LogP contribution < -0.4 is 10.5 Å². The van der Waals surface area contributed by atoms with Crippen LogP contribution in [-0.2, 0) is 6.42 Å². The van der Waals surface area contributed by atoms with E-state index in [1.165, 1.54) is 0 Å². The van der Waals surface area contributed by atoms with Crippen molar-refractivity contribution >= 4 is 11.6 Å². The van der Waals surface area contributed by atoms with Gasteiger partial charge in [0.05, 0.1) is 6.61 Å². The Morgan fingerprint density at radius 1 is 1.35 bits per heavy atom. The minimum atomic E-state index is 0.135. The monoisotopic (exact) mass is 255 g/mol. The van der Waals surface area contributed by atoms with Crippen molar-refractivity contribution in [2.75, 3.05) is 6.61 Å². The van der Waals surface area contributed by atoms with Crippen LogP contribution in [0.2, 0.25) is 5.02 Å². The highest BCUT2D eigenvalue weighted by Crippen LogP contribution is 2.28. The highest BCUT2D eigenvalue weighted by molar-refractivity contribution is 6.31. The molecule has 3 heteroatoms. The molecule has 0 aliphatic carbocycles. The molecule has 1 rings (SSSR count). The maximum absolute atomic E-state index is 6.21. The van der Waals surface area contributed by atoms with Gasteiger partial charge in [-0.15, -0.1) is 0 Å². The van der Waals surface area contributed by atoms with Crippen molar-refractivity contribution in [2.24, 2.45) is 11.7 Å². The molecule has 0 aromatic heterocycles. The summed E-state index contributed by atoms with van der Waals surface area (Å²) in [4.78, 5) is 0. The lowest BCUT2D eigenvalue weighted by Gasteiger charge is -2.16. The molecule has 1 unspecified atom stereocenters. The van der Waals surface area contributed by atoms with Crippen molar-refractivity contribution in [3.8, 4) is 5.75 Å². The zero-order chi connectivity index (χ0) is 12.8. The maximum atomic E-state index is 6.21. The smallest absolute Gasteiger partial charge is 0.124 e. The molecular weight excluding hydrogens is 234 g/mol. The summed E-state index contributed by atoms with van der Waals surface area (Å²) in [6, 6.07) is 5.91. The Bertz CT molecular complexity index is 352. The molecule has 2 nitrogen and oxygen atoms in total. The van der Waals surface area contributed by atoms with Gasteiger partial charge < -0.3 is 10.5 Å². The molecule has 0 spiro atoms. The lowest BCUT2D eigenvalue weighted by atomic mass is 10.0. The van der Waals surface area contributed by atoms with Crippen molar-refractivity contribution < 1.29 is 4.74 Å². The van der Waals surface area contributed by atoms with Gasteiger partial charge in [0.1, 0.15) is 5.75 Å². The van der Waals surface area contributed by atoms with E-state index in [0.717, 1.165) is 29.2 Å². The van der Waals surface area contributed by atoms with Crippen molar-refractivity contribution in [3.63, 3.8) is 0 Å². The molecular formula is C14H22ClNO. The fourth-order valence-corrected chi connectivity index (χ4v) is 1.78. The molecule has 2 N–H and O–H groups in total. The molecule has 0 amide bonds. The van der Waals surface area contributed by atoms with Crippen LogP contribution in [0.15, 0.2) is 18.2 Å². The molecule has 0 saturated heterocycles. The molecule has 1 atom stereocenters. The van der Waals surface area contributed by atoms with Gasteiger partial charge in [0.2, 0.25) is 0 Å². The summed E-state index contributed by atoms with van der Waals surface area (Å²) in [6.07, 6.45) is 1.71. The van der Waals surface area contributed by atoms with E-state index in [2.05, 4.69) is 20.8 Å².